The maximum atomic E-state index is 11.7. The molecule has 1 N–H and O–H groups in total. The van der Waals surface area contributed by atoms with Crippen LogP contribution in [0.5, 0.6) is 0 Å². The number of carbonyl (C=O) groups is 1. The van der Waals surface area contributed by atoms with E-state index in [1.165, 1.54) is 0 Å². The number of hydrogen-bond donors (Lipinski definition) is 1. The Hall–Kier alpha value is -0.593. The number of carbonyl (C=O) groups excluding carboxylic acids is 1. The van der Waals surface area contributed by atoms with E-state index in [0.717, 1.165) is 0 Å². The molecule has 0 aromatic carbocycles. The zero-order valence-corrected chi connectivity index (χ0v) is 16.1. The van der Waals surface area contributed by atoms with Crippen molar-refractivity contribution in [2.24, 2.45) is 0 Å². The monoisotopic (exact) mass is 319 g/mol. The summed E-state index contributed by atoms with van der Waals surface area (Å²) in [6.45, 7) is 17.3. The molecular formula is C15H33NO4Si. The average molecular weight is 320 g/mol. The van der Waals surface area contributed by atoms with Gasteiger partial charge in [0.1, 0.15) is 5.60 Å². The van der Waals surface area contributed by atoms with E-state index in [2.05, 4.69) is 39.2 Å². The van der Waals surface area contributed by atoms with Crippen molar-refractivity contribution in [3.63, 3.8) is 0 Å². The highest BCUT2D eigenvalue weighted by Crippen LogP contribution is 2.37. The van der Waals surface area contributed by atoms with E-state index in [0.29, 0.717) is 13.2 Å². The SMILES string of the molecule is COCC(CNC(=O)OC(C)(C)C)O[Si](C)(C)C(C)(C)C. The first-order chi connectivity index (χ1) is 9.28. The maximum Gasteiger partial charge on any atom is 0.407 e. The van der Waals surface area contributed by atoms with Crippen LogP contribution in [0.15, 0.2) is 0 Å². The summed E-state index contributed by atoms with van der Waals surface area (Å²) in [5, 5.41) is 2.87. The highest BCUT2D eigenvalue weighted by Gasteiger charge is 2.39. The predicted molar refractivity (Wildman–Crippen MR) is 88.2 cm³/mol. The highest BCUT2D eigenvalue weighted by atomic mass is 28.4. The lowest BCUT2D eigenvalue weighted by molar-refractivity contribution is 0.0422. The molecule has 0 spiro atoms. The molecule has 1 unspecified atom stereocenters. The van der Waals surface area contributed by atoms with E-state index in [1.807, 2.05) is 20.8 Å². The van der Waals surface area contributed by atoms with Gasteiger partial charge in [0.05, 0.1) is 12.7 Å². The topological polar surface area (TPSA) is 56.8 Å². The van der Waals surface area contributed by atoms with Crippen molar-refractivity contribution in [2.45, 2.75) is 71.4 Å². The Balaban J connectivity index is 4.55. The van der Waals surface area contributed by atoms with E-state index in [9.17, 15) is 4.79 Å². The molecule has 0 fully saturated rings. The van der Waals surface area contributed by atoms with Gasteiger partial charge in [-0.15, -0.1) is 0 Å². The first kappa shape index (κ1) is 20.4. The minimum absolute atomic E-state index is 0.116. The van der Waals surface area contributed by atoms with Crippen LogP contribution in [-0.4, -0.2) is 46.4 Å². The summed E-state index contributed by atoms with van der Waals surface area (Å²) in [5.74, 6) is 0. The average Bonchev–Trinajstić information content (AvgIpc) is 2.21. The van der Waals surface area contributed by atoms with Crippen molar-refractivity contribution in [2.75, 3.05) is 20.3 Å². The molecule has 0 rings (SSSR count). The summed E-state index contributed by atoms with van der Waals surface area (Å²) in [5.41, 5.74) is -0.499. The quantitative estimate of drug-likeness (QED) is 0.761. The number of rotatable bonds is 6. The van der Waals surface area contributed by atoms with E-state index >= 15 is 0 Å². The third-order valence-electron chi connectivity index (χ3n) is 3.49. The fraction of sp³-hybridized carbons (Fsp3) is 0.933. The minimum atomic E-state index is -1.90. The van der Waals surface area contributed by atoms with Crippen molar-refractivity contribution in [3.8, 4) is 0 Å². The number of hydrogen-bond acceptors (Lipinski definition) is 4. The number of nitrogens with one attached hydrogen (secondary N) is 1. The Kier molecular flexibility index (Phi) is 7.39. The van der Waals surface area contributed by atoms with Crippen LogP contribution in [0.25, 0.3) is 0 Å². The lowest BCUT2D eigenvalue weighted by atomic mass is 10.2. The van der Waals surface area contributed by atoms with Gasteiger partial charge in [-0.05, 0) is 38.9 Å². The first-order valence-electron chi connectivity index (χ1n) is 7.42. The van der Waals surface area contributed by atoms with Crippen LogP contribution in [0.3, 0.4) is 0 Å². The first-order valence-corrected chi connectivity index (χ1v) is 10.3. The van der Waals surface area contributed by atoms with Crippen molar-refractivity contribution in [1.82, 2.24) is 5.32 Å². The van der Waals surface area contributed by atoms with Gasteiger partial charge in [-0.1, -0.05) is 20.8 Å². The number of methoxy groups -OCH3 is 1. The van der Waals surface area contributed by atoms with E-state index in [1.54, 1.807) is 7.11 Å². The zero-order valence-electron chi connectivity index (χ0n) is 15.1. The van der Waals surface area contributed by atoms with Gasteiger partial charge < -0.3 is 19.2 Å². The molecule has 5 nitrogen and oxygen atoms in total. The smallest absolute Gasteiger partial charge is 0.407 e. The van der Waals surface area contributed by atoms with Crippen molar-refractivity contribution < 1.29 is 18.7 Å². The predicted octanol–water partition coefficient (Wildman–Crippen LogP) is 3.55. The molecule has 6 heteroatoms. The maximum absolute atomic E-state index is 11.7. The zero-order chi connectivity index (χ0) is 16.9. The van der Waals surface area contributed by atoms with Crippen LogP contribution in [0.4, 0.5) is 4.79 Å². The molecule has 1 atom stereocenters. The summed E-state index contributed by atoms with van der Waals surface area (Å²) in [6, 6.07) is 0. The normalized spacial score (nSPS) is 14.7. The summed E-state index contributed by atoms with van der Waals surface area (Å²) in [6.07, 6.45) is -0.592. The molecule has 0 heterocycles. The molecule has 0 aromatic rings. The standard InChI is InChI=1S/C15H33NO4Si/c1-14(2,3)19-13(17)16-10-12(11-18-7)20-21(8,9)15(4,5)6/h12H,10-11H2,1-9H3,(H,16,17). The number of amides is 1. The van der Waals surface area contributed by atoms with Crippen LogP contribution in [0.2, 0.25) is 18.1 Å². The van der Waals surface area contributed by atoms with Gasteiger partial charge in [0, 0.05) is 13.7 Å². The minimum Gasteiger partial charge on any atom is -0.444 e. The fourth-order valence-corrected chi connectivity index (χ4v) is 2.76. The van der Waals surface area contributed by atoms with Crippen molar-refractivity contribution in [3.05, 3.63) is 0 Å². The second-order valence-corrected chi connectivity index (χ2v) is 12.6. The Morgan fingerprint density at radius 3 is 2.05 bits per heavy atom. The largest absolute Gasteiger partial charge is 0.444 e. The lowest BCUT2D eigenvalue weighted by Gasteiger charge is -2.39. The Labute approximate surface area is 130 Å². The summed E-state index contributed by atoms with van der Waals surface area (Å²) in [4.78, 5) is 11.7. The van der Waals surface area contributed by atoms with Gasteiger partial charge in [-0.25, -0.2) is 4.79 Å². The Morgan fingerprint density at radius 1 is 1.14 bits per heavy atom. The van der Waals surface area contributed by atoms with Gasteiger partial charge in [0.15, 0.2) is 8.32 Å². The second-order valence-electron chi connectivity index (χ2n) is 7.84. The molecule has 0 aliphatic carbocycles. The van der Waals surface area contributed by atoms with Crippen LogP contribution >= 0.6 is 0 Å². The van der Waals surface area contributed by atoms with Gasteiger partial charge in [0.2, 0.25) is 0 Å². The van der Waals surface area contributed by atoms with Crippen molar-refractivity contribution >= 4 is 14.4 Å². The van der Waals surface area contributed by atoms with Crippen LogP contribution in [0.1, 0.15) is 41.5 Å². The number of alkyl carbamates (subject to hydrolysis) is 1. The molecule has 0 saturated carbocycles. The highest BCUT2D eigenvalue weighted by molar-refractivity contribution is 6.74. The van der Waals surface area contributed by atoms with Crippen LogP contribution in [-0.2, 0) is 13.9 Å². The summed E-state index contributed by atoms with van der Waals surface area (Å²) < 4.78 is 16.7. The van der Waals surface area contributed by atoms with E-state index in [4.69, 9.17) is 13.9 Å². The molecule has 0 saturated heterocycles. The van der Waals surface area contributed by atoms with Crippen LogP contribution < -0.4 is 5.32 Å². The summed E-state index contributed by atoms with van der Waals surface area (Å²) in [7, 11) is -0.262. The third-order valence-corrected chi connectivity index (χ3v) is 8.03. The molecule has 1 amide bonds. The summed E-state index contributed by atoms with van der Waals surface area (Å²) >= 11 is 0. The van der Waals surface area contributed by atoms with Gasteiger partial charge >= 0.3 is 6.09 Å². The third kappa shape index (κ3) is 8.43. The van der Waals surface area contributed by atoms with E-state index < -0.39 is 20.0 Å². The van der Waals surface area contributed by atoms with Crippen molar-refractivity contribution in [1.29, 1.82) is 0 Å². The second kappa shape index (κ2) is 7.60. The number of ether oxygens (including phenoxy) is 2. The molecule has 0 aliphatic rings. The fourth-order valence-electron chi connectivity index (χ4n) is 1.43. The van der Waals surface area contributed by atoms with Crippen LogP contribution in [0, 0.1) is 0 Å². The molecule has 0 aliphatic heterocycles. The lowest BCUT2D eigenvalue weighted by Crippen LogP contribution is -2.48. The van der Waals surface area contributed by atoms with Gasteiger partial charge in [-0.3, -0.25) is 0 Å². The Bertz CT molecular complexity index is 332. The molecule has 126 valence electrons. The molecule has 0 radical (unpaired) electrons. The Morgan fingerprint density at radius 2 is 1.67 bits per heavy atom. The molecule has 0 aromatic heterocycles. The van der Waals surface area contributed by atoms with Gasteiger partial charge in [0.25, 0.3) is 0 Å². The van der Waals surface area contributed by atoms with Gasteiger partial charge in [-0.2, -0.15) is 0 Å². The molecular weight excluding hydrogens is 286 g/mol. The van der Waals surface area contributed by atoms with E-state index in [-0.39, 0.29) is 11.1 Å². The molecule has 0 bridgehead atoms. The molecule has 21 heavy (non-hydrogen) atoms.